The topological polar surface area (TPSA) is 95.1 Å². The first-order valence-corrected chi connectivity index (χ1v) is 5.85. The zero-order valence-corrected chi connectivity index (χ0v) is 11.1. The molecule has 1 amide bonds. The number of nitrogens with one attached hydrogen (secondary N) is 2. The van der Waals surface area contributed by atoms with Gasteiger partial charge in [0.15, 0.2) is 0 Å². The predicted molar refractivity (Wildman–Crippen MR) is 66.5 cm³/mol. The van der Waals surface area contributed by atoms with E-state index in [0.29, 0.717) is 6.42 Å². The van der Waals surface area contributed by atoms with Gasteiger partial charge >= 0.3 is 5.97 Å². The van der Waals surface area contributed by atoms with Gasteiger partial charge in [-0.3, -0.25) is 9.89 Å². The minimum atomic E-state index is -1.04. The molecule has 0 spiro atoms. The largest absolute Gasteiger partial charge is 0.480 e. The van der Waals surface area contributed by atoms with Gasteiger partial charge in [0.25, 0.3) is 5.91 Å². The van der Waals surface area contributed by atoms with Gasteiger partial charge in [-0.1, -0.05) is 27.7 Å². The van der Waals surface area contributed by atoms with E-state index in [4.69, 9.17) is 5.11 Å². The lowest BCUT2D eigenvalue weighted by Gasteiger charge is -2.14. The fourth-order valence-electron chi connectivity index (χ4n) is 1.39. The summed E-state index contributed by atoms with van der Waals surface area (Å²) < 4.78 is 0. The highest BCUT2D eigenvalue weighted by Gasteiger charge is 2.22. The van der Waals surface area contributed by atoms with E-state index < -0.39 is 17.9 Å². The molecule has 0 aromatic carbocycles. The monoisotopic (exact) mass is 253 g/mol. The van der Waals surface area contributed by atoms with Crippen LogP contribution in [0.15, 0.2) is 6.07 Å². The van der Waals surface area contributed by atoms with Gasteiger partial charge in [-0.2, -0.15) is 5.10 Å². The van der Waals surface area contributed by atoms with Crippen molar-refractivity contribution in [2.24, 2.45) is 0 Å². The number of carboxylic acids is 1. The second kappa shape index (κ2) is 5.20. The number of amides is 1. The third-order valence-electron chi connectivity index (χ3n) is 2.63. The van der Waals surface area contributed by atoms with Crippen LogP contribution in [-0.4, -0.2) is 33.2 Å². The first-order chi connectivity index (χ1) is 8.25. The summed E-state index contributed by atoms with van der Waals surface area (Å²) in [5, 5.41) is 18.0. The summed E-state index contributed by atoms with van der Waals surface area (Å²) in [6, 6.07) is 0.761. The van der Waals surface area contributed by atoms with Gasteiger partial charge in [0.2, 0.25) is 0 Å². The van der Waals surface area contributed by atoms with Gasteiger partial charge in [-0.25, -0.2) is 4.79 Å². The van der Waals surface area contributed by atoms with Crippen molar-refractivity contribution >= 4 is 11.9 Å². The number of carbonyl (C=O) groups is 2. The summed E-state index contributed by atoms with van der Waals surface area (Å²) in [5.74, 6) is -1.52. The van der Waals surface area contributed by atoms with Crippen molar-refractivity contribution in [1.29, 1.82) is 0 Å². The van der Waals surface area contributed by atoms with Gasteiger partial charge in [0, 0.05) is 11.1 Å². The molecule has 1 aromatic rings. The molecule has 0 aliphatic heterocycles. The van der Waals surface area contributed by atoms with Crippen molar-refractivity contribution in [1.82, 2.24) is 15.5 Å². The van der Waals surface area contributed by atoms with Gasteiger partial charge in [-0.05, 0) is 12.5 Å². The molecule has 1 unspecified atom stereocenters. The summed E-state index contributed by atoms with van der Waals surface area (Å²) in [6.45, 7) is 7.68. The SMILES string of the molecule is CCC(NC(=O)c1cc(C(C)(C)C)[nH]n1)C(=O)O. The van der Waals surface area contributed by atoms with Crippen molar-refractivity contribution in [3.05, 3.63) is 17.5 Å². The minimum Gasteiger partial charge on any atom is -0.480 e. The number of H-pyrrole nitrogens is 1. The van der Waals surface area contributed by atoms with E-state index >= 15 is 0 Å². The second-order valence-electron chi connectivity index (χ2n) is 5.19. The van der Waals surface area contributed by atoms with Crippen LogP contribution in [0.5, 0.6) is 0 Å². The third kappa shape index (κ3) is 3.32. The molecule has 18 heavy (non-hydrogen) atoms. The van der Waals surface area contributed by atoms with Crippen molar-refractivity contribution in [3.63, 3.8) is 0 Å². The molecular weight excluding hydrogens is 234 g/mol. The lowest BCUT2D eigenvalue weighted by Crippen LogP contribution is -2.40. The molecule has 0 fully saturated rings. The van der Waals surface area contributed by atoms with Crippen molar-refractivity contribution < 1.29 is 14.7 Å². The molecule has 1 atom stereocenters. The molecule has 0 aliphatic rings. The molecule has 100 valence electrons. The Kier molecular flexibility index (Phi) is 4.11. The summed E-state index contributed by atoms with van der Waals surface area (Å²) in [5.41, 5.74) is 0.901. The quantitative estimate of drug-likeness (QED) is 0.753. The van der Waals surface area contributed by atoms with Crippen LogP contribution in [0.25, 0.3) is 0 Å². The average molecular weight is 253 g/mol. The molecule has 0 saturated heterocycles. The molecule has 6 nitrogen and oxygen atoms in total. The Hall–Kier alpha value is -1.85. The van der Waals surface area contributed by atoms with E-state index in [-0.39, 0.29) is 11.1 Å². The second-order valence-corrected chi connectivity index (χ2v) is 5.19. The number of aromatic nitrogens is 2. The minimum absolute atomic E-state index is 0.136. The number of rotatable bonds is 4. The number of aromatic amines is 1. The molecule has 0 saturated carbocycles. The Balaban J connectivity index is 2.79. The first kappa shape index (κ1) is 14.2. The molecule has 1 aromatic heterocycles. The van der Waals surface area contributed by atoms with Crippen LogP contribution in [0.4, 0.5) is 0 Å². The van der Waals surface area contributed by atoms with Crippen LogP contribution in [0, 0.1) is 0 Å². The maximum absolute atomic E-state index is 11.8. The smallest absolute Gasteiger partial charge is 0.326 e. The molecule has 1 heterocycles. The molecule has 1 rings (SSSR count). The fraction of sp³-hybridized carbons (Fsp3) is 0.583. The summed E-state index contributed by atoms with van der Waals surface area (Å²) in [6.07, 6.45) is 0.331. The highest BCUT2D eigenvalue weighted by Crippen LogP contribution is 2.20. The lowest BCUT2D eigenvalue weighted by molar-refractivity contribution is -0.139. The van der Waals surface area contributed by atoms with E-state index in [1.165, 1.54) is 0 Å². The van der Waals surface area contributed by atoms with Gasteiger partial charge in [0.1, 0.15) is 11.7 Å². The summed E-state index contributed by atoms with van der Waals surface area (Å²) in [4.78, 5) is 22.6. The Bertz CT molecular complexity index is 446. The number of nitrogens with zero attached hydrogens (tertiary/aromatic N) is 1. The predicted octanol–water partition coefficient (Wildman–Crippen LogP) is 1.30. The molecule has 0 radical (unpaired) electrons. The van der Waals surface area contributed by atoms with E-state index in [1.54, 1.807) is 13.0 Å². The van der Waals surface area contributed by atoms with Crippen molar-refractivity contribution in [2.75, 3.05) is 0 Å². The molecule has 6 heteroatoms. The molecule has 0 aliphatic carbocycles. The molecule has 3 N–H and O–H groups in total. The number of aliphatic carboxylic acids is 1. The Morgan fingerprint density at radius 3 is 2.50 bits per heavy atom. The number of hydrogen-bond donors (Lipinski definition) is 3. The normalized spacial score (nSPS) is 13.1. The highest BCUT2D eigenvalue weighted by molar-refractivity contribution is 5.95. The van der Waals surface area contributed by atoms with E-state index in [9.17, 15) is 9.59 Å². The van der Waals surface area contributed by atoms with Crippen LogP contribution in [0.3, 0.4) is 0 Å². The fourth-order valence-corrected chi connectivity index (χ4v) is 1.39. The van der Waals surface area contributed by atoms with E-state index in [0.717, 1.165) is 5.69 Å². The first-order valence-electron chi connectivity index (χ1n) is 5.85. The number of carbonyl (C=O) groups excluding carboxylic acids is 1. The van der Waals surface area contributed by atoms with E-state index in [1.807, 2.05) is 20.8 Å². The van der Waals surface area contributed by atoms with Gasteiger partial charge < -0.3 is 10.4 Å². The van der Waals surface area contributed by atoms with Crippen LogP contribution in [-0.2, 0) is 10.2 Å². The Labute approximate surface area is 106 Å². The number of hydrogen-bond acceptors (Lipinski definition) is 3. The van der Waals surface area contributed by atoms with Gasteiger partial charge in [0.05, 0.1) is 0 Å². The molecule has 0 bridgehead atoms. The summed E-state index contributed by atoms with van der Waals surface area (Å²) >= 11 is 0. The maximum Gasteiger partial charge on any atom is 0.326 e. The van der Waals surface area contributed by atoms with Crippen molar-refractivity contribution in [2.45, 2.75) is 45.6 Å². The number of carboxylic acid groups (broad SMARTS) is 1. The van der Waals surface area contributed by atoms with Gasteiger partial charge in [-0.15, -0.1) is 0 Å². The lowest BCUT2D eigenvalue weighted by atomic mass is 9.92. The van der Waals surface area contributed by atoms with Crippen molar-refractivity contribution in [3.8, 4) is 0 Å². The standard InChI is InChI=1S/C12H19N3O3/c1-5-7(11(17)18)13-10(16)8-6-9(15-14-8)12(2,3)4/h6-7H,5H2,1-4H3,(H,13,16)(H,14,15)(H,17,18). The molecular formula is C12H19N3O3. The average Bonchev–Trinajstić information content (AvgIpc) is 2.73. The summed E-state index contributed by atoms with van der Waals surface area (Å²) in [7, 11) is 0. The Morgan fingerprint density at radius 1 is 1.50 bits per heavy atom. The van der Waals surface area contributed by atoms with Crippen LogP contribution in [0.2, 0.25) is 0 Å². The maximum atomic E-state index is 11.8. The third-order valence-corrected chi connectivity index (χ3v) is 2.63. The van der Waals surface area contributed by atoms with Crippen LogP contribution < -0.4 is 5.32 Å². The van der Waals surface area contributed by atoms with E-state index in [2.05, 4.69) is 15.5 Å². The zero-order chi connectivity index (χ0) is 13.9. The van der Waals surface area contributed by atoms with Crippen LogP contribution in [0.1, 0.15) is 50.3 Å². The van der Waals surface area contributed by atoms with Crippen LogP contribution >= 0.6 is 0 Å². The Morgan fingerprint density at radius 2 is 2.11 bits per heavy atom. The highest BCUT2D eigenvalue weighted by atomic mass is 16.4. The zero-order valence-electron chi connectivity index (χ0n) is 11.1.